The van der Waals surface area contributed by atoms with Gasteiger partial charge in [-0.15, -0.1) is 23.2 Å². The zero-order valence-corrected chi connectivity index (χ0v) is 13.6. The molecule has 0 saturated heterocycles. The van der Waals surface area contributed by atoms with Gasteiger partial charge < -0.3 is 4.90 Å². The van der Waals surface area contributed by atoms with E-state index in [9.17, 15) is 4.79 Å². The van der Waals surface area contributed by atoms with E-state index in [0.29, 0.717) is 11.8 Å². The molecule has 1 unspecified atom stereocenters. The highest BCUT2D eigenvalue weighted by molar-refractivity contribution is 6.52. The van der Waals surface area contributed by atoms with E-state index in [1.807, 2.05) is 11.9 Å². The number of hydrogen-bond acceptors (Lipinski definition) is 1. The van der Waals surface area contributed by atoms with E-state index in [1.54, 1.807) is 0 Å². The quantitative estimate of drug-likeness (QED) is 0.724. The molecule has 0 aromatic rings. The highest BCUT2D eigenvalue weighted by Gasteiger charge is 2.58. The number of carbonyl (C=O) groups is 1. The number of rotatable bonds is 3. The molecule has 112 valence electrons. The van der Waals surface area contributed by atoms with Crippen LogP contribution in [0.3, 0.4) is 0 Å². The van der Waals surface area contributed by atoms with Gasteiger partial charge >= 0.3 is 0 Å². The van der Waals surface area contributed by atoms with Crippen molar-refractivity contribution in [2.75, 3.05) is 13.6 Å². The maximum atomic E-state index is 12.4. The molecule has 0 aromatic carbocycles. The van der Waals surface area contributed by atoms with Gasteiger partial charge in [0.1, 0.15) is 4.33 Å². The lowest BCUT2D eigenvalue weighted by Crippen LogP contribution is -2.51. The van der Waals surface area contributed by atoms with E-state index in [2.05, 4.69) is 0 Å². The zero-order valence-electron chi connectivity index (χ0n) is 12.1. The lowest BCUT2D eigenvalue weighted by molar-refractivity contribution is -0.136. The second-order valence-corrected chi connectivity index (χ2v) is 9.67. The molecule has 0 N–H and O–H groups in total. The molecule has 2 nitrogen and oxygen atoms in total. The molecule has 0 heterocycles. The third-order valence-electron chi connectivity index (χ3n) is 6.24. The summed E-state index contributed by atoms with van der Waals surface area (Å²) in [4.78, 5) is 14.3. The van der Waals surface area contributed by atoms with Crippen LogP contribution in [0, 0.1) is 29.1 Å². The van der Waals surface area contributed by atoms with Crippen LogP contribution >= 0.6 is 23.2 Å². The Kier molecular flexibility index (Phi) is 2.94. The summed E-state index contributed by atoms with van der Waals surface area (Å²) in [6, 6.07) is 0. The van der Waals surface area contributed by atoms with Gasteiger partial charge in [-0.1, -0.05) is 0 Å². The van der Waals surface area contributed by atoms with E-state index in [-0.39, 0.29) is 11.8 Å². The number of amides is 1. The van der Waals surface area contributed by atoms with Crippen molar-refractivity contribution >= 4 is 29.1 Å². The smallest absolute Gasteiger partial charge is 0.228 e. The second-order valence-electron chi connectivity index (χ2n) is 8.13. The van der Waals surface area contributed by atoms with Crippen molar-refractivity contribution in [3.8, 4) is 0 Å². The summed E-state index contributed by atoms with van der Waals surface area (Å²) in [7, 11) is 1.95. The fourth-order valence-corrected chi connectivity index (χ4v) is 6.31. The highest BCUT2D eigenvalue weighted by Crippen LogP contribution is 2.60. The van der Waals surface area contributed by atoms with Gasteiger partial charge in [0.15, 0.2) is 0 Å². The molecule has 5 fully saturated rings. The largest absolute Gasteiger partial charge is 0.345 e. The van der Waals surface area contributed by atoms with Gasteiger partial charge in [-0.2, -0.15) is 0 Å². The molecule has 5 aliphatic rings. The topological polar surface area (TPSA) is 20.3 Å². The molecular weight excluding hydrogens is 293 g/mol. The second kappa shape index (κ2) is 4.29. The molecular formula is C16H23Cl2NO. The SMILES string of the molecule is CN(CC12CC3CC(CC(C3)C1)C2)C(=O)C1CC1(Cl)Cl. The van der Waals surface area contributed by atoms with Crippen LogP contribution in [0.25, 0.3) is 0 Å². The van der Waals surface area contributed by atoms with Gasteiger partial charge in [0.05, 0.1) is 5.92 Å². The fraction of sp³-hybridized carbons (Fsp3) is 0.938. The summed E-state index contributed by atoms with van der Waals surface area (Å²) >= 11 is 12.1. The van der Waals surface area contributed by atoms with Crippen molar-refractivity contribution in [3.05, 3.63) is 0 Å². The third-order valence-corrected chi connectivity index (χ3v) is 7.07. The molecule has 5 saturated carbocycles. The molecule has 0 aliphatic heterocycles. The maximum Gasteiger partial charge on any atom is 0.228 e. The van der Waals surface area contributed by atoms with Crippen molar-refractivity contribution in [2.45, 2.75) is 49.3 Å². The lowest BCUT2D eigenvalue weighted by atomic mass is 9.49. The first-order valence-corrected chi connectivity index (χ1v) is 8.75. The van der Waals surface area contributed by atoms with E-state index in [0.717, 1.165) is 24.3 Å². The molecule has 0 aromatic heterocycles. The van der Waals surface area contributed by atoms with Gasteiger partial charge in [-0.3, -0.25) is 4.79 Å². The number of halogens is 2. The first-order chi connectivity index (χ1) is 9.37. The minimum atomic E-state index is -0.785. The minimum Gasteiger partial charge on any atom is -0.345 e. The van der Waals surface area contributed by atoms with E-state index in [1.165, 1.54) is 38.5 Å². The van der Waals surface area contributed by atoms with E-state index < -0.39 is 4.33 Å². The summed E-state index contributed by atoms with van der Waals surface area (Å²) < 4.78 is -0.785. The van der Waals surface area contributed by atoms with Gasteiger partial charge in [0.25, 0.3) is 0 Å². The number of hydrogen-bond donors (Lipinski definition) is 0. The Balaban J connectivity index is 1.45. The van der Waals surface area contributed by atoms with Crippen LogP contribution in [0.2, 0.25) is 0 Å². The van der Waals surface area contributed by atoms with Crippen molar-refractivity contribution in [3.63, 3.8) is 0 Å². The summed E-state index contributed by atoms with van der Waals surface area (Å²) in [5, 5.41) is 0. The predicted molar refractivity (Wildman–Crippen MR) is 80.8 cm³/mol. The minimum absolute atomic E-state index is 0.158. The van der Waals surface area contributed by atoms with Crippen LogP contribution in [-0.4, -0.2) is 28.7 Å². The summed E-state index contributed by atoms with van der Waals surface area (Å²) in [6.45, 7) is 0.926. The van der Waals surface area contributed by atoms with Crippen LogP contribution in [-0.2, 0) is 4.79 Å². The van der Waals surface area contributed by atoms with Crippen molar-refractivity contribution < 1.29 is 4.79 Å². The maximum absolute atomic E-state index is 12.4. The fourth-order valence-electron chi connectivity index (χ4n) is 5.81. The Morgan fingerprint density at radius 1 is 1.05 bits per heavy atom. The normalized spacial score (nSPS) is 47.4. The summed E-state index contributed by atoms with van der Waals surface area (Å²) in [5.41, 5.74) is 0.412. The Morgan fingerprint density at radius 2 is 1.50 bits per heavy atom. The molecule has 5 rings (SSSR count). The standard InChI is InChI=1S/C16H23Cl2NO/c1-19(14(20)13-8-16(13,17)18)9-15-5-10-2-11(6-15)4-12(3-10)7-15/h10-13H,2-9H2,1H3. The zero-order chi connectivity index (χ0) is 14.1. The lowest BCUT2D eigenvalue weighted by Gasteiger charge is -2.57. The highest BCUT2D eigenvalue weighted by atomic mass is 35.5. The molecule has 4 heteroatoms. The van der Waals surface area contributed by atoms with Gasteiger partial charge in [0.2, 0.25) is 5.91 Å². The van der Waals surface area contributed by atoms with Crippen LogP contribution in [0.4, 0.5) is 0 Å². The number of alkyl halides is 2. The molecule has 5 aliphatic carbocycles. The summed E-state index contributed by atoms with van der Waals surface area (Å²) in [6.07, 6.45) is 9.00. The first kappa shape index (κ1) is 13.7. The van der Waals surface area contributed by atoms with Crippen molar-refractivity contribution in [1.29, 1.82) is 0 Å². The van der Waals surface area contributed by atoms with Crippen LogP contribution < -0.4 is 0 Å². The third kappa shape index (κ3) is 2.18. The van der Waals surface area contributed by atoms with E-state index >= 15 is 0 Å². The molecule has 1 amide bonds. The number of carbonyl (C=O) groups excluding carboxylic acids is 1. The Morgan fingerprint density at radius 3 is 1.90 bits per heavy atom. The molecule has 4 bridgehead atoms. The average Bonchev–Trinajstić information content (AvgIpc) is 2.94. The predicted octanol–water partition coefficient (Wildman–Crippen LogP) is 3.86. The monoisotopic (exact) mass is 315 g/mol. The number of nitrogens with zero attached hydrogens (tertiary/aromatic N) is 1. The van der Waals surface area contributed by atoms with Crippen molar-refractivity contribution in [1.82, 2.24) is 4.90 Å². The average molecular weight is 316 g/mol. The van der Waals surface area contributed by atoms with Gasteiger partial charge in [-0.25, -0.2) is 0 Å². The van der Waals surface area contributed by atoms with Crippen molar-refractivity contribution in [2.24, 2.45) is 29.1 Å². The van der Waals surface area contributed by atoms with Crippen LogP contribution in [0.15, 0.2) is 0 Å². The van der Waals surface area contributed by atoms with Gasteiger partial charge in [0, 0.05) is 13.6 Å². The molecule has 0 spiro atoms. The van der Waals surface area contributed by atoms with Crippen LogP contribution in [0.5, 0.6) is 0 Å². The van der Waals surface area contributed by atoms with E-state index in [4.69, 9.17) is 23.2 Å². The van der Waals surface area contributed by atoms with Gasteiger partial charge in [-0.05, 0) is 68.1 Å². The Hall–Kier alpha value is 0.0500. The molecule has 1 atom stereocenters. The molecule has 20 heavy (non-hydrogen) atoms. The Labute approximate surface area is 131 Å². The first-order valence-electron chi connectivity index (χ1n) is 8.00. The molecule has 0 radical (unpaired) electrons. The summed E-state index contributed by atoms with van der Waals surface area (Å²) in [5.74, 6) is 2.80. The van der Waals surface area contributed by atoms with Crippen LogP contribution in [0.1, 0.15) is 44.9 Å². The Bertz CT molecular complexity index is 412.